The summed E-state index contributed by atoms with van der Waals surface area (Å²) >= 11 is 5.82. The Labute approximate surface area is 162 Å². The first-order chi connectivity index (χ1) is 13.3. The molecule has 1 fully saturated rings. The Morgan fingerprint density at radius 2 is 1.63 bits per heavy atom. The van der Waals surface area contributed by atoms with Crippen molar-refractivity contribution in [3.05, 3.63) is 65.5 Å². The lowest BCUT2D eigenvalue weighted by Crippen LogP contribution is -2.43. The van der Waals surface area contributed by atoms with Crippen LogP contribution in [0.2, 0.25) is 5.28 Å². The minimum atomic E-state index is 0.193. The van der Waals surface area contributed by atoms with Gasteiger partial charge in [-0.1, -0.05) is 12.1 Å². The highest BCUT2D eigenvalue weighted by molar-refractivity contribution is 6.28. The molecule has 3 heterocycles. The van der Waals surface area contributed by atoms with Gasteiger partial charge in [0.25, 0.3) is 0 Å². The minimum Gasteiger partial charge on any atom is -0.369 e. The molecule has 138 valence electrons. The van der Waals surface area contributed by atoms with E-state index < -0.39 is 0 Å². The number of nitrogens with zero attached hydrogens (tertiary/aromatic N) is 5. The zero-order valence-corrected chi connectivity index (χ0v) is 15.5. The Balaban J connectivity index is 1.43. The SMILES string of the molecule is Clc1nccc(Nc2ccnc(Cc3ccc(N4CCNCC4)cc3)n2)n1. The van der Waals surface area contributed by atoms with Crippen LogP contribution in [0.5, 0.6) is 0 Å². The topological polar surface area (TPSA) is 78.9 Å². The monoisotopic (exact) mass is 381 g/mol. The maximum Gasteiger partial charge on any atom is 0.224 e. The van der Waals surface area contributed by atoms with Gasteiger partial charge >= 0.3 is 0 Å². The molecule has 2 N–H and O–H groups in total. The first-order valence-corrected chi connectivity index (χ1v) is 9.26. The zero-order chi connectivity index (χ0) is 18.5. The summed E-state index contributed by atoms with van der Waals surface area (Å²) in [5.74, 6) is 2.02. The number of hydrogen-bond acceptors (Lipinski definition) is 7. The molecular weight excluding hydrogens is 362 g/mol. The molecule has 0 amide bonds. The number of rotatable bonds is 5. The van der Waals surface area contributed by atoms with Gasteiger partial charge in [0, 0.05) is 50.7 Å². The van der Waals surface area contributed by atoms with Crippen LogP contribution < -0.4 is 15.5 Å². The molecule has 4 rings (SSSR count). The first kappa shape index (κ1) is 17.6. The molecule has 8 heteroatoms. The lowest BCUT2D eigenvalue weighted by Gasteiger charge is -2.29. The molecule has 3 aromatic rings. The normalized spacial score (nSPS) is 14.2. The summed E-state index contributed by atoms with van der Waals surface area (Å²) in [6.07, 6.45) is 4.00. The smallest absolute Gasteiger partial charge is 0.224 e. The van der Waals surface area contributed by atoms with Gasteiger partial charge in [-0.15, -0.1) is 0 Å². The number of piperazine rings is 1. The zero-order valence-electron chi connectivity index (χ0n) is 14.8. The van der Waals surface area contributed by atoms with Gasteiger partial charge in [-0.05, 0) is 41.4 Å². The lowest BCUT2D eigenvalue weighted by molar-refractivity contribution is 0.589. The second-order valence-electron chi connectivity index (χ2n) is 6.27. The maximum absolute atomic E-state index is 5.82. The molecule has 1 saturated heterocycles. The van der Waals surface area contributed by atoms with Crippen molar-refractivity contribution < 1.29 is 0 Å². The number of halogens is 1. The molecule has 0 unspecified atom stereocenters. The van der Waals surface area contributed by atoms with Crippen LogP contribution in [-0.4, -0.2) is 46.1 Å². The Bertz CT molecular complexity index is 895. The molecule has 1 aliphatic heterocycles. The Morgan fingerprint density at radius 3 is 2.37 bits per heavy atom. The summed E-state index contributed by atoms with van der Waals surface area (Å²) in [4.78, 5) is 19.3. The molecule has 1 aromatic carbocycles. The molecule has 1 aliphatic rings. The highest BCUT2D eigenvalue weighted by atomic mass is 35.5. The average Bonchev–Trinajstić information content (AvgIpc) is 2.70. The van der Waals surface area contributed by atoms with Gasteiger partial charge in [0.1, 0.15) is 17.5 Å². The molecule has 0 spiro atoms. The van der Waals surface area contributed by atoms with Crippen LogP contribution in [0.25, 0.3) is 0 Å². The van der Waals surface area contributed by atoms with Gasteiger partial charge in [-0.2, -0.15) is 0 Å². The van der Waals surface area contributed by atoms with Crippen LogP contribution in [-0.2, 0) is 6.42 Å². The van der Waals surface area contributed by atoms with Crippen LogP contribution in [0.4, 0.5) is 17.3 Å². The quantitative estimate of drug-likeness (QED) is 0.658. The van der Waals surface area contributed by atoms with E-state index in [0.29, 0.717) is 18.1 Å². The summed E-state index contributed by atoms with van der Waals surface area (Å²) in [5.41, 5.74) is 2.44. The van der Waals surface area contributed by atoms with E-state index in [9.17, 15) is 0 Å². The van der Waals surface area contributed by atoms with E-state index >= 15 is 0 Å². The van der Waals surface area contributed by atoms with Gasteiger partial charge in [-0.3, -0.25) is 0 Å². The van der Waals surface area contributed by atoms with E-state index in [4.69, 9.17) is 11.6 Å². The average molecular weight is 382 g/mol. The maximum atomic E-state index is 5.82. The number of anilines is 3. The van der Waals surface area contributed by atoms with Crippen LogP contribution in [0, 0.1) is 0 Å². The highest BCUT2D eigenvalue weighted by Crippen LogP contribution is 2.18. The highest BCUT2D eigenvalue weighted by Gasteiger charge is 2.10. The predicted molar refractivity (Wildman–Crippen MR) is 107 cm³/mol. The lowest BCUT2D eigenvalue weighted by atomic mass is 10.1. The van der Waals surface area contributed by atoms with Crippen molar-refractivity contribution in [3.8, 4) is 0 Å². The van der Waals surface area contributed by atoms with Crippen molar-refractivity contribution in [2.75, 3.05) is 36.4 Å². The van der Waals surface area contributed by atoms with Gasteiger partial charge in [0.15, 0.2) is 0 Å². The van der Waals surface area contributed by atoms with E-state index in [1.165, 1.54) is 11.3 Å². The molecule has 0 bridgehead atoms. The third-order valence-electron chi connectivity index (χ3n) is 4.37. The number of hydrogen-bond donors (Lipinski definition) is 2. The minimum absolute atomic E-state index is 0.193. The van der Waals surface area contributed by atoms with E-state index in [2.05, 4.69) is 59.7 Å². The Morgan fingerprint density at radius 1 is 0.926 bits per heavy atom. The second-order valence-corrected chi connectivity index (χ2v) is 6.61. The van der Waals surface area contributed by atoms with E-state index in [-0.39, 0.29) is 5.28 Å². The summed E-state index contributed by atoms with van der Waals surface area (Å²) < 4.78 is 0. The van der Waals surface area contributed by atoms with Crippen molar-refractivity contribution in [1.82, 2.24) is 25.3 Å². The third kappa shape index (κ3) is 4.69. The fourth-order valence-corrected chi connectivity index (χ4v) is 3.17. The summed E-state index contributed by atoms with van der Waals surface area (Å²) in [6.45, 7) is 4.16. The molecular formula is C19H20ClN7. The van der Waals surface area contributed by atoms with Crippen LogP contribution in [0.15, 0.2) is 48.8 Å². The molecule has 0 radical (unpaired) electrons. The third-order valence-corrected chi connectivity index (χ3v) is 4.55. The molecule has 0 saturated carbocycles. The first-order valence-electron chi connectivity index (χ1n) is 8.88. The summed E-state index contributed by atoms with van der Waals surface area (Å²) in [6, 6.07) is 12.2. The molecule has 0 atom stereocenters. The van der Waals surface area contributed by atoms with Crippen molar-refractivity contribution in [2.24, 2.45) is 0 Å². The van der Waals surface area contributed by atoms with Crippen LogP contribution in [0.3, 0.4) is 0 Å². The van der Waals surface area contributed by atoms with Gasteiger partial charge in [0.05, 0.1) is 0 Å². The van der Waals surface area contributed by atoms with Crippen LogP contribution in [0.1, 0.15) is 11.4 Å². The summed E-state index contributed by atoms with van der Waals surface area (Å²) in [5, 5.41) is 6.69. The predicted octanol–water partition coefficient (Wildman–Crippen LogP) is 2.66. The molecule has 27 heavy (non-hydrogen) atoms. The van der Waals surface area contributed by atoms with E-state index in [1.54, 1.807) is 24.5 Å². The van der Waals surface area contributed by atoms with Crippen molar-refractivity contribution in [1.29, 1.82) is 0 Å². The Hall–Kier alpha value is -2.77. The van der Waals surface area contributed by atoms with Crippen molar-refractivity contribution in [3.63, 3.8) is 0 Å². The van der Waals surface area contributed by atoms with E-state index in [0.717, 1.165) is 32.0 Å². The fraction of sp³-hybridized carbons (Fsp3) is 0.263. The number of benzene rings is 1. The number of nitrogens with one attached hydrogen (secondary N) is 2. The number of aromatic nitrogens is 4. The van der Waals surface area contributed by atoms with Crippen molar-refractivity contribution in [2.45, 2.75) is 6.42 Å². The van der Waals surface area contributed by atoms with Gasteiger partial charge in [-0.25, -0.2) is 19.9 Å². The molecule has 0 aliphatic carbocycles. The van der Waals surface area contributed by atoms with Gasteiger partial charge < -0.3 is 15.5 Å². The van der Waals surface area contributed by atoms with Crippen molar-refractivity contribution >= 4 is 28.9 Å². The van der Waals surface area contributed by atoms with Crippen LogP contribution >= 0.6 is 11.6 Å². The molecule has 2 aromatic heterocycles. The molecule has 7 nitrogen and oxygen atoms in total. The fourth-order valence-electron chi connectivity index (χ4n) is 3.02. The Kier molecular flexibility index (Phi) is 5.41. The second kappa shape index (κ2) is 8.28. The standard InChI is InChI=1S/C19H20ClN7/c20-19-23-8-6-17(26-19)24-16-5-7-22-18(25-16)13-14-1-3-15(4-2-14)27-11-9-21-10-12-27/h1-8,21H,9-13H2,(H,22,23,24,25,26). The van der Waals surface area contributed by atoms with E-state index in [1.807, 2.05) is 0 Å². The van der Waals surface area contributed by atoms with Gasteiger partial charge in [0.2, 0.25) is 5.28 Å². The largest absolute Gasteiger partial charge is 0.369 e. The summed E-state index contributed by atoms with van der Waals surface area (Å²) in [7, 11) is 0.